The van der Waals surface area contributed by atoms with E-state index in [1.165, 1.54) is 6.21 Å². The Hall–Kier alpha value is -3.84. The van der Waals surface area contributed by atoms with Gasteiger partial charge >= 0.3 is 0 Å². The molecule has 36 heavy (non-hydrogen) atoms. The molecule has 8 heteroatoms. The summed E-state index contributed by atoms with van der Waals surface area (Å²) in [6.45, 7) is 6.58. The fraction of sp³-hybridized carbons (Fsp3) is 0.250. The Bertz CT molecular complexity index is 1240. The molecule has 3 aromatic carbocycles. The Kier molecular flexibility index (Phi) is 9.89. The van der Waals surface area contributed by atoms with Crippen LogP contribution >= 0.6 is 11.6 Å². The van der Waals surface area contributed by atoms with Crippen LogP contribution in [0.25, 0.3) is 0 Å². The number of benzene rings is 3. The van der Waals surface area contributed by atoms with E-state index in [0.29, 0.717) is 29.7 Å². The van der Waals surface area contributed by atoms with Gasteiger partial charge in [0, 0.05) is 29.1 Å². The van der Waals surface area contributed by atoms with Crippen LogP contribution in [0.1, 0.15) is 42.0 Å². The minimum Gasteiger partial charge on any atom is -0.490 e. The van der Waals surface area contributed by atoms with E-state index in [-0.39, 0.29) is 24.7 Å². The number of hydrogen-bond donors (Lipinski definition) is 2. The molecule has 0 aliphatic carbocycles. The molecular weight excluding hydrogens is 478 g/mol. The van der Waals surface area contributed by atoms with E-state index in [1.54, 1.807) is 18.2 Å². The molecule has 0 aliphatic heterocycles. The second-order valence-corrected chi connectivity index (χ2v) is 8.52. The zero-order valence-electron chi connectivity index (χ0n) is 20.6. The first-order valence-electron chi connectivity index (χ1n) is 11.7. The third-order valence-electron chi connectivity index (χ3n) is 5.47. The van der Waals surface area contributed by atoms with E-state index in [0.717, 1.165) is 27.9 Å². The molecule has 0 saturated carbocycles. The van der Waals surface area contributed by atoms with Crippen LogP contribution < -0.4 is 20.2 Å². The number of nitrogens with one attached hydrogen (secondary N) is 2. The Morgan fingerprint density at radius 2 is 1.72 bits per heavy atom. The molecule has 0 spiro atoms. The first kappa shape index (κ1) is 26.8. The predicted molar refractivity (Wildman–Crippen MR) is 143 cm³/mol. The quantitative estimate of drug-likeness (QED) is 0.253. The molecule has 0 heterocycles. The Morgan fingerprint density at radius 3 is 2.50 bits per heavy atom. The van der Waals surface area contributed by atoms with Crippen molar-refractivity contribution in [2.24, 2.45) is 5.10 Å². The van der Waals surface area contributed by atoms with Crippen molar-refractivity contribution < 1.29 is 19.1 Å². The summed E-state index contributed by atoms with van der Waals surface area (Å²) in [6.07, 6.45) is 1.59. The van der Waals surface area contributed by atoms with Gasteiger partial charge in [0.1, 0.15) is 6.61 Å². The number of aryl methyl sites for hydroxylation is 1. The molecule has 0 fully saturated rings. The van der Waals surface area contributed by atoms with Gasteiger partial charge in [0.2, 0.25) is 11.8 Å². The second kappa shape index (κ2) is 13.3. The zero-order valence-corrected chi connectivity index (χ0v) is 21.4. The van der Waals surface area contributed by atoms with Crippen LogP contribution in [-0.2, 0) is 16.2 Å². The number of nitrogens with zero attached hydrogens (tertiary/aromatic N) is 1. The first-order chi connectivity index (χ1) is 17.4. The van der Waals surface area contributed by atoms with Gasteiger partial charge < -0.3 is 14.8 Å². The summed E-state index contributed by atoms with van der Waals surface area (Å²) in [5.41, 5.74) is 6.89. The normalized spacial score (nSPS) is 10.8. The highest BCUT2D eigenvalue weighted by Crippen LogP contribution is 2.29. The number of carbonyl (C=O) groups is 2. The predicted octanol–water partition coefficient (Wildman–Crippen LogP) is 5.80. The van der Waals surface area contributed by atoms with Gasteiger partial charge in [-0.25, -0.2) is 5.43 Å². The standard InChI is InChI=1S/C28H30ClN3O4/c1-4-35-26-16-21(12-13-25(26)36-18-22-9-5-6-10-23(22)29)17-30-32-28(34)15-14-27(33)31-24-11-7-8-19(2)20(24)3/h5-13,16-17H,4,14-15,18H2,1-3H3,(H,31,33)(H,32,34). The largest absolute Gasteiger partial charge is 0.490 e. The lowest BCUT2D eigenvalue weighted by atomic mass is 10.1. The van der Waals surface area contributed by atoms with Crippen molar-refractivity contribution in [1.29, 1.82) is 0 Å². The van der Waals surface area contributed by atoms with Crippen molar-refractivity contribution in [1.82, 2.24) is 5.43 Å². The maximum atomic E-state index is 12.2. The van der Waals surface area contributed by atoms with E-state index in [4.69, 9.17) is 21.1 Å². The fourth-order valence-electron chi connectivity index (χ4n) is 3.32. The van der Waals surface area contributed by atoms with Gasteiger partial charge in [-0.05, 0) is 67.8 Å². The van der Waals surface area contributed by atoms with Crippen molar-refractivity contribution in [2.75, 3.05) is 11.9 Å². The maximum Gasteiger partial charge on any atom is 0.240 e. The summed E-state index contributed by atoms with van der Waals surface area (Å²) in [5.74, 6) is 0.555. The van der Waals surface area contributed by atoms with E-state index in [9.17, 15) is 9.59 Å². The van der Waals surface area contributed by atoms with Gasteiger partial charge in [0.05, 0.1) is 12.8 Å². The molecule has 0 aromatic heterocycles. The number of amides is 2. The van der Waals surface area contributed by atoms with Crippen LogP contribution in [0.5, 0.6) is 11.5 Å². The smallest absolute Gasteiger partial charge is 0.240 e. The van der Waals surface area contributed by atoms with Crippen LogP contribution in [0.15, 0.2) is 65.8 Å². The molecule has 0 atom stereocenters. The fourth-order valence-corrected chi connectivity index (χ4v) is 3.51. The lowest BCUT2D eigenvalue weighted by Crippen LogP contribution is -2.21. The van der Waals surface area contributed by atoms with Crippen LogP contribution in [0.4, 0.5) is 5.69 Å². The highest BCUT2D eigenvalue weighted by molar-refractivity contribution is 6.31. The SMILES string of the molecule is CCOc1cc(C=NNC(=O)CCC(=O)Nc2cccc(C)c2C)ccc1OCc1ccccc1Cl. The van der Waals surface area contributed by atoms with Crippen LogP contribution in [0.2, 0.25) is 5.02 Å². The molecule has 0 radical (unpaired) electrons. The summed E-state index contributed by atoms with van der Waals surface area (Å²) >= 11 is 6.20. The van der Waals surface area contributed by atoms with Crippen LogP contribution in [0.3, 0.4) is 0 Å². The number of hydrazone groups is 1. The number of hydrogen-bond acceptors (Lipinski definition) is 5. The molecule has 2 N–H and O–H groups in total. The lowest BCUT2D eigenvalue weighted by molar-refractivity contribution is -0.124. The van der Waals surface area contributed by atoms with E-state index < -0.39 is 0 Å². The Morgan fingerprint density at radius 1 is 0.944 bits per heavy atom. The summed E-state index contributed by atoms with van der Waals surface area (Å²) in [4.78, 5) is 24.3. The first-order valence-corrected chi connectivity index (χ1v) is 12.1. The van der Waals surface area contributed by atoms with E-state index in [1.807, 2.05) is 63.2 Å². The Labute approximate surface area is 216 Å². The number of carbonyl (C=O) groups excluding carboxylic acids is 2. The number of anilines is 1. The van der Waals surface area contributed by atoms with Crippen LogP contribution in [0, 0.1) is 13.8 Å². The molecule has 3 rings (SSSR count). The zero-order chi connectivity index (χ0) is 25.9. The molecule has 7 nitrogen and oxygen atoms in total. The summed E-state index contributed by atoms with van der Waals surface area (Å²) < 4.78 is 11.6. The molecular formula is C28H30ClN3O4. The summed E-state index contributed by atoms with van der Waals surface area (Å²) in [5, 5.41) is 7.48. The summed E-state index contributed by atoms with van der Waals surface area (Å²) in [7, 11) is 0. The number of ether oxygens (including phenoxy) is 2. The average Bonchev–Trinajstić information content (AvgIpc) is 2.86. The molecule has 0 unspecified atom stereocenters. The van der Waals surface area contributed by atoms with Gasteiger partial charge in [-0.1, -0.05) is 41.9 Å². The molecule has 0 bridgehead atoms. The molecule has 2 amide bonds. The van der Waals surface area contributed by atoms with E-state index in [2.05, 4.69) is 15.8 Å². The van der Waals surface area contributed by atoms with E-state index >= 15 is 0 Å². The molecule has 188 valence electrons. The van der Waals surface area contributed by atoms with Crippen molar-refractivity contribution in [3.8, 4) is 11.5 Å². The van der Waals surface area contributed by atoms with Crippen molar-refractivity contribution in [3.05, 3.63) is 87.9 Å². The minimum absolute atomic E-state index is 0.0209. The maximum absolute atomic E-state index is 12.2. The highest BCUT2D eigenvalue weighted by Gasteiger charge is 2.10. The molecule has 3 aromatic rings. The summed E-state index contributed by atoms with van der Waals surface area (Å²) in [6, 6.07) is 18.6. The van der Waals surface area contributed by atoms with Crippen molar-refractivity contribution in [3.63, 3.8) is 0 Å². The molecule has 0 saturated heterocycles. The third kappa shape index (κ3) is 7.85. The average molecular weight is 508 g/mol. The van der Waals surface area contributed by atoms with Crippen molar-refractivity contribution in [2.45, 2.75) is 40.2 Å². The highest BCUT2D eigenvalue weighted by atomic mass is 35.5. The second-order valence-electron chi connectivity index (χ2n) is 8.11. The topological polar surface area (TPSA) is 89.0 Å². The van der Waals surface area contributed by atoms with Gasteiger partial charge in [-0.15, -0.1) is 0 Å². The van der Waals surface area contributed by atoms with Gasteiger partial charge in [-0.3, -0.25) is 9.59 Å². The number of rotatable bonds is 11. The van der Waals surface area contributed by atoms with Crippen molar-refractivity contribution >= 4 is 35.3 Å². The lowest BCUT2D eigenvalue weighted by Gasteiger charge is -2.13. The monoisotopic (exact) mass is 507 g/mol. The van der Waals surface area contributed by atoms with Gasteiger partial charge in [-0.2, -0.15) is 5.10 Å². The minimum atomic E-state index is -0.355. The van der Waals surface area contributed by atoms with Gasteiger partial charge in [0.15, 0.2) is 11.5 Å². The van der Waals surface area contributed by atoms with Gasteiger partial charge in [0.25, 0.3) is 0 Å². The van der Waals surface area contributed by atoms with Crippen LogP contribution in [-0.4, -0.2) is 24.6 Å². The molecule has 0 aliphatic rings. The number of halogens is 1. The third-order valence-corrected chi connectivity index (χ3v) is 5.84. The Balaban J connectivity index is 1.51.